The Morgan fingerprint density at radius 3 is 1.93 bits per heavy atom. The number of benzene rings is 6. The lowest BCUT2D eigenvalue weighted by atomic mass is 9.78. The van der Waals surface area contributed by atoms with Crippen LogP contribution in [0.5, 0.6) is 11.5 Å². The third kappa shape index (κ3) is 9.04. The quantitative estimate of drug-likeness (QED) is 0.113. The minimum Gasteiger partial charge on any atom is -0.458 e. The van der Waals surface area contributed by atoms with Gasteiger partial charge in [0.05, 0.1) is 34.6 Å². The van der Waals surface area contributed by atoms with E-state index >= 15 is 0 Å². The van der Waals surface area contributed by atoms with Gasteiger partial charge in [0.25, 0.3) is 6.33 Å². The minimum absolute atomic E-state index is 0.0856. The Kier molecular flexibility index (Phi) is 9.51. The second-order valence-electron chi connectivity index (χ2n) is 22.5. The first kappa shape index (κ1) is 38.5. The van der Waals surface area contributed by atoms with Crippen molar-refractivity contribution in [2.75, 3.05) is 0 Å². The van der Waals surface area contributed by atoms with Crippen LogP contribution in [0, 0.1) is 11.7 Å². The molecule has 352 valence electrons. The van der Waals surface area contributed by atoms with E-state index in [1.165, 1.54) is 0 Å². The summed E-state index contributed by atoms with van der Waals surface area (Å²) < 4.78 is 75.7. The molecule has 70 heavy (non-hydrogen) atoms. The zero-order valence-electron chi connectivity index (χ0n) is 49.3. The van der Waals surface area contributed by atoms with E-state index in [9.17, 15) is 2.74 Å². The zero-order chi connectivity index (χ0) is 55.5. The lowest BCUT2D eigenvalue weighted by Crippen LogP contribution is -2.31. The van der Waals surface area contributed by atoms with Gasteiger partial charge in [0.1, 0.15) is 17.3 Å². The SMILES string of the molecule is [2H]c1c([2H])c([2H])c(-c2cccc(-c3cc(C(C)(C)C)cc(C(C)(C)C)c3)c2-[n+]2[c-]n(-c3cc(Oc4ccc5c6ccccc6n(-c6cc(C([2H])([2H])C(C)(C)C)ccn6)c5c4)cc(C(C)(C)C)n3)c3ccccc32)c([2H])c1[2H]. The van der Waals surface area contributed by atoms with Crippen LogP contribution >= 0.6 is 0 Å². The van der Waals surface area contributed by atoms with Crippen molar-refractivity contribution in [3.63, 3.8) is 0 Å². The normalized spacial score (nSPS) is 14.3. The third-order valence-electron chi connectivity index (χ3n) is 12.7. The van der Waals surface area contributed by atoms with Gasteiger partial charge in [-0.15, -0.1) is 0 Å². The highest BCUT2D eigenvalue weighted by Gasteiger charge is 2.26. The first-order valence-electron chi connectivity index (χ1n) is 27.6. The summed E-state index contributed by atoms with van der Waals surface area (Å²) in [5.74, 6) is 2.22. The van der Waals surface area contributed by atoms with Gasteiger partial charge in [-0.1, -0.05) is 192 Å². The highest BCUT2D eigenvalue weighted by atomic mass is 16.5. The molecular formula is C64H65N5O. The second-order valence-corrected chi connectivity index (χ2v) is 22.5. The van der Waals surface area contributed by atoms with E-state index in [2.05, 4.69) is 110 Å². The number of imidazole rings is 1. The van der Waals surface area contributed by atoms with Crippen LogP contribution in [0.4, 0.5) is 0 Å². The van der Waals surface area contributed by atoms with Crippen LogP contribution in [0.25, 0.3) is 72.4 Å². The van der Waals surface area contributed by atoms with Gasteiger partial charge in [0.15, 0.2) is 5.82 Å². The molecule has 4 aromatic heterocycles. The number of rotatable bonds is 8. The Labute approximate surface area is 424 Å². The van der Waals surface area contributed by atoms with E-state index < -0.39 is 35.3 Å². The summed E-state index contributed by atoms with van der Waals surface area (Å²) in [6, 6.07) is 40.1. The molecule has 0 bridgehead atoms. The van der Waals surface area contributed by atoms with Gasteiger partial charge in [-0.3, -0.25) is 18.7 Å². The van der Waals surface area contributed by atoms with Crippen molar-refractivity contribution in [1.29, 1.82) is 0 Å². The van der Waals surface area contributed by atoms with E-state index in [0.29, 0.717) is 39.9 Å². The average Bonchev–Trinajstić information content (AvgIpc) is 3.93. The Bertz CT molecular complexity index is 3930. The van der Waals surface area contributed by atoms with E-state index in [-0.39, 0.29) is 28.5 Å². The maximum Gasteiger partial charge on any atom is 0.271 e. The molecule has 6 heteroatoms. The van der Waals surface area contributed by atoms with Crippen LogP contribution in [0.1, 0.15) is 115 Å². The van der Waals surface area contributed by atoms with Crippen LogP contribution in [0.3, 0.4) is 0 Å². The smallest absolute Gasteiger partial charge is 0.271 e. The molecule has 0 spiro atoms. The molecule has 4 heterocycles. The number of para-hydroxylation sites is 4. The number of hydrogen-bond donors (Lipinski definition) is 0. The number of fused-ring (bicyclic) bond motifs is 4. The lowest BCUT2D eigenvalue weighted by molar-refractivity contribution is -0.571. The molecule has 6 aromatic carbocycles. The van der Waals surface area contributed by atoms with Crippen molar-refractivity contribution in [2.45, 2.75) is 106 Å². The maximum atomic E-state index is 9.28. The van der Waals surface area contributed by atoms with Crippen molar-refractivity contribution in [3.8, 4) is 51.1 Å². The molecule has 10 rings (SSSR count). The van der Waals surface area contributed by atoms with Gasteiger partial charge in [-0.05, 0) is 91.9 Å². The average molecular weight is 927 g/mol. The van der Waals surface area contributed by atoms with Gasteiger partial charge in [-0.2, -0.15) is 0 Å². The zero-order valence-corrected chi connectivity index (χ0v) is 42.3. The predicted octanol–water partition coefficient (Wildman–Crippen LogP) is 16.2. The molecule has 0 atom stereocenters. The molecule has 0 fully saturated rings. The van der Waals surface area contributed by atoms with Crippen LogP contribution < -0.4 is 9.30 Å². The van der Waals surface area contributed by atoms with Crippen LogP contribution in [-0.4, -0.2) is 19.1 Å². The fourth-order valence-electron chi connectivity index (χ4n) is 9.15. The molecule has 0 saturated carbocycles. The van der Waals surface area contributed by atoms with Crippen LogP contribution in [0.15, 0.2) is 164 Å². The monoisotopic (exact) mass is 927 g/mol. The van der Waals surface area contributed by atoms with Gasteiger partial charge in [0, 0.05) is 49.0 Å². The van der Waals surface area contributed by atoms with Gasteiger partial charge in [0.2, 0.25) is 0 Å². The first-order chi connectivity index (χ1) is 36.0. The Hall–Kier alpha value is -7.31. The maximum absolute atomic E-state index is 9.28. The molecular weight excluding hydrogens is 855 g/mol. The molecule has 0 aliphatic heterocycles. The summed E-state index contributed by atoms with van der Waals surface area (Å²) in [6.07, 6.45) is 3.74. The molecule has 0 unspecified atom stereocenters. The molecule has 0 saturated heterocycles. The third-order valence-corrected chi connectivity index (χ3v) is 12.7. The molecule has 6 nitrogen and oxygen atoms in total. The fourth-order valence-corrected chi connectivity index (χ4v) is 9.15. The van der Waals surface area contributed by atoms with Crippen molar-refractivity contribution >= 4 is 32.8 Å². The predicted molar refractivity (Wildman–Crippen MR) is 290 cm³/mol. The first-order valence-corrected chi connectivity index (χ1v) is 24.1. The summed E-state index contributed by atoms with van der Waals surface area (Å²) in [6.45, 7) is 25.2. The topological polar surface area (TPSA) is 48.8 Å². The van der Waals surface area contributed by atoms with Crippen LogP contribution in [-0.2, 0) is 22.6 Å². The summed E-state index contributed by atoms with van der Waals surface area (Å²) in [5, 5.41) is 2.02. The lowest BCUT2D eigenvalue weighted by Gasteiger charge is -2.27. The van der Waals surface area contributed by atoms with Crippen molar-refractivity contribution in [3.05, 3.63) is 193 Å². The van der Waals surface area contributed by atoms with Crippen molar-refractivity contribution in [1.82, 2.24) is 19.1 Å². The fraction of sp³-hybridized carbons (Fsp3) is 0.266. The minimum atomic E-state index is -1.63. The Morgan fingerprint density at radius 2 is 1.24 bits per heavy atom. The summed E-state index contributed by atoms with van der Waals surface area (Å²) in [7, 11) is 0. The molecule has 0 N–H and O–H groups in total. The number of pyridine rings is 2. The summed E-state index contributed by atoms with van der Waals surface area (Å²) >= 11 is 0. The van der Waals surface area contributed by atoms with Crippen LogP contribution in [0.2, 0.25) is 0 Å². The Balaban J connectivity index is 1.19. The number of ether oxygens (including phenoxy) is 1. The second kappa shape index (κ2) is 17.3. The van der Waals surface area contributed by atoms with E-state index in [0.717, 1.165) is 60.8 Å². The van der Waals surface area contributed by atoms with Gasteiger partial charge < -0.3 is 4.74 Å². The van der Waals surface area contributed by atoms with Crippen molar-refractivity contribution in [2.24, 2.45) is 5.41 Å². The molecule has 0 aliphatic rings. The largest absolute Gasteiger partial charge is 0.458 e. The number of nitrogens with zero attached hydrogens (tertiary/aromatic N) is 5. The summed E-state index contributed by atoms with van der Waals surface area (Å²) in [5.41, 5.74) is 8.18. The summed E-state index contributed by atoms with van der Waals surface area (Å²) in [4.78, 5) is 10.1. The number of aromatic nitrogens is 5. The number of hydrogen-bond acceptors (Lipinski definition) is 3. The van der Waals surface area contributed by atoms with Crippen molar-refractivity contribution < 1.29 is 18.9 Å². The van der Waals surface area contributed by atoms with E-state index in [1.54, 1.807) is 12.3 Å². The molecule has 0 radical (unpaired) electrons. The van der Waals surface area contributed by atoms with Gasteiger partial charge in [-0.25, -0.2) is 4.98 Å². The van der Waals surface area contributed by atoms with E-state index in [4.69, 9.17) is 21.6 Å². The highest BCUT2D eigenvalue weighted by Crippen LogP contribution is 2.40. The van der Waals surface area contributed by atoms with E-state index in [1.807, 2.05) is 115 Å². The standard InChI is InChI=1S/C64H65N5O/c1-61(2,3)40-42-31-32-65-58(33-42)69-53-26-17-16-23-51(53)52-30-29-47(37-56(52)69)70-48-38-57(64(10,11)12)66-59(39-48)67-41-68(55-28-19-18-27-54(55)67)60-49(43-21-14-13-15-22-43)24-20-25-50(60)44-34-45(62(4,5)6)36-46(35-44)63(7,8)9/h13-39H,40H2,1-12H3/i13D,14D,15D,21D,22D,40D2. The molecule has 0 aliphatic carbocycles. The Morgan fingerprint density at radius 1 is 0.586 bits per heavy atom. The highest BCUT2D eigenvalue weighted by molar-refractivity contribution is 6.09. The molecule has 0 amide bonds. The van der Waals surface area contributed by atoms with Gasteiger partial charge >= 0.3 is 0 Å². The molecule has 10 aromatic rings.